The minimum atomic E-state index is -0.380. The van der Waals surface area contributed by atoms with E-state index in [4.69, 9.17) is 0 Å². The van der Waals surface area contributed by atoms with Gasteiger partial charge in [-0.15, -0.1) is 0 Å². The van der Waals surface area contributed by atoms with Gasteiger partial charge >= 0.3 is 0 Å². The van der Waals surface area contributed by atoms with Crippen LogP contribution in [0.4, 0.5) is 5.69 Å². The maximum absolute atomic E-state index is 12.9. The maximum Gasteiger partial charge on any atom is 0.260 e. The van der Waals surface area contributed by atoms with Crippen LogP contribution in [0.15, 0.2) is 42.6 Å². The third kappa shape index (κ3) is 3.40. The second-order valence-corrected chi connectivity index (χ2v) is 6.55. The number of benzene rings is 1. The smallest absolute Gasteiger partial charge is 0.260 e. The van der Waals surface area contributed by atoms with Crippen molar-refractivity contribution in [2.75, 3.05) is 4.90 Å². The zero-order chi connectivity index (χ0) is 18.0. The predicted molar refractivity (Wildman–Crippen MR) is 97.5 cm³/mol. The van der Waals surface area contributed by atoms with Crippen LogP contribution in [0.2, 0.25) is 0 Å². The molecule has 25 heavy (non-hydrogen) atoms. The highest BCUT2D eigenvalue weighted by Gasteiger charge is 2.39. The van der Waals surface area contributed by atoms with Crippen molar-refractivity contribution in [1.82, 2.24) is 10.3 Å². The Labute approximate surface area is 148 Å². The lowest BCUT2D eigenvalue weighted by atomic mass is 10.1. The SMILES string of the molecule is CCC(C)NC(=O)CC1c2ncccc2C(=O)N1c1cccc(C)c1. The maximum atomic E-state index is 12.9. The second-order valence-electron chi connectivity index (χ2n) is 6.55. The number of aryl methyl sites for hydroxylation is 1. The van der Waals surface area contributed by atoms with Crippen LogP contribution in [0.1, 0.15) is 54.3 Å². The molecule has 0 bridgehead atoms. The third-order valence-electron chi connectivity index (χ3n) is 4.59. The van der Waals surface area contributed by atoms with Crippen molar-refractivity contribution in [1.29, 1.82) is 0 Å². The number of hydrogen-bond donors (Lipinski definition) is 1. The zero-order valence-corrected chi connectivity index (χ0v) is 14.8. The predicted octanol–water partition coefficient (Wildman–Crippen LogP) is 3.40. The molecule has 2 atom stereocenters. The summed E-state index contributed by atoms with van der Waals surface area (Å²) in [4.78, 5) is 31.5. The van der Waals surface area contributed by atoms with Crippen molar-refractivity contribution in [2.24, 2.45) is 0 Å². The Bertz CT molecular complexity index is 803. The van der Waals surface area contributed by atoms with Crippen LogP contribution in [0.25, 0.3) is 0 Å². The molecule has 1 N–H and O–H groups in total. The lowest BCUT2D eigenvalue weighted by Crippen LogP contribution is -2.36. The summed E-state index contributed by atoms with van der Waals surface area (Å²) < 4.78 is 0. The van der Waals surface area contributed by atoms with Crippen molar-refractivity contribution >= 4 is 17.5 Å². The molecule has 2 unspecified atom stereocenters. The first-order chi connectivity index (χ1) is 12.0. The fraction of sp³-hybridized carbons (Fsp3) is 0.350. The highest BCUT2D eigenvalue weighted by atomic mass is 16.2. The summed E-state index contributed by atoms with van der Waals surface area (Å²) in [5.41, 5.74) is 3.11. The largest absolute Gasteiger partial charge is 0.354 e. The molecule has 1 aliphatic rings. The van der Waals surface area contributed by atoms with Crippen LogP contribution in [0.5, 0.6) is 0 Å². The number of aromatic nitrogens is 1. The molecular formula is C20H23N3O2. The minimum absolute atomic E-state index is 0.0664. The van der Waals surface area contributed by atoms with Crippen molar-refractivity contribution in [3.05, 3.63) is 59.4 Å². The number of nitrogens with one attached hydrogen (secondary N) is 1. The average Bonchev–Trinajstić information content (AvgIpc) is 2.87. The Balaban J connectivity index is 1.95. The summed E-state index contributed by atoms with van der Waals surface area (Å²) in [6, 6.07) is 11.0. The number of rotatable bonds is 5. The molecule has 3 rings (SSSR count). The normalized spacial score (nSPS) is 17.3. The highest BCUT2D eigenvalue weighted by molar-refractivity contribution is 6.11. The Morgan fingerprint density at radius 2 is 2.12 bits per heavy atom. The summed E-state index contributed by atoms with van der Waals surface area (Å²) in [6.07, 6.45) is 2.74. The first-order valence-corrected chi connectivity index (χ1v) is 8.65. The zero-order valence-electron chi connectivity index (χ0n) is 14.8. The first kappa shape index (κ1) is 17.1. The van der Waals surface area contributed by atoms with Gasteiger partial charge in [0.2, 0.25) is 5.91 Å². The number of anilines is 1. The molecule has 1 aromatic carbocycles. The molecule has 5 nitrogen and oxygen atoms in total. The van der Waals surface area contributed by atoms with Gasteiger partial charge < -0.3 is 5.32 Å². The van der Waals surface area contributed by atoms with Gasteiger partial charge in [0.25, 0.3) is 5.91 Å². The molecule has 2 amide bonds. The monoisotopic (exact) mass is 337 g/mol. The van der Waals surface area contributed by atoms with Gasteiger partial charge in [-0.1, -0.05) is 19.1 Å². The van der Waals surface area contributed by atoms with Crippen LogP contribution in [0, 0.1) is 6.92 Å². The highest BCUT2D eigenvalue weighted by Crippen LogP contribution is 2.38. The summed E-state index contributed by atoms with van der Waals surface area (Å²) in [7, 11) is 0. The van der Waals surface area contributed by atoms with Crippen molar-refractivity contribution < 1.29 is 9.59 Å². The topological polar surface area (TPSA) is 62.3 Å². The Morgan fingerprint density at radius 1 is 1.32 bits per heavy atom. The molecule has 0 radical (unpaired) electrons. The lowest BCUT2D eigenvalue weighted by molar-refractivity contribution is -0.122. The Kier molecular flexibility index (Phi) is 4.83. The number of pyridine rings is 1. The summed E-state index contributed by atoms with van der Waals surface area (Å²) in [5, 5.41) is 2.98. The van der Waals surface area contributed by atoms with Gasteiger partial charge in [0.15, 0.2) is 0 Å². The molecule has 1 aliphatic heterocycles. The van der Waals surface area contributed by atoms with E-state index in [0.29, 0.717) is 11.3 Å². The number of carbonyl (C=O) groups is 2. The van der Waals surface area contributed by atoms with E-state index < -0.39 is 0 Å². The minimum Gasteiger partial charge on any atom is -0.354 e. The number of carbonyl (C=O) groups excluding carboxylic acids is 2. The third-order valence-corrected chi connectivity index (χ3v) is 4.59. The fourth-order valence-corrected chi connectivity index (χ4v) is 3.13. The van der Waals surface area contributed by atoms with Gasteiger partial charge in [-0.2, -0.15) is 0 Å². The number of hydrogen-bond acceptors (Lipinski definition) is 3. The molecule has 0 spiro atoms. The number of nitrogens with zero attached hydrogens (tertiary/aromatic N) is 2. The van der Waals surface area contributed by atoms with Gasteiger partial charge in [-0.25, -0.2) is 0 Å². The molecule has 2 heterocycles. The Hall–Kier alpha value is -2.69. The van der Waals surface area contributed by atoms with Crippen LogP contribution >= 0.6 is 0 Å². The summed E-state index contributed by atoms with van der Waals surface area (Å²) >= 11 is 0. The molecule has 0 aliphatic carbocycles. The lowest BCUT2D eigenvalue weighted by Gasteiger charge is -2.25. The van der Waals surface area contributed by atoms with E-state index in [1.54, 1.807) is 23.2 Å². The van der Waals surface area contributed by atoms with Crippen molar-refractivity contribution in [3.63, 3.8) is 0 Å². The second kappa shape index (κ2) is 7.05. The standard InChI is InChI=1S/C20H23N3O2/c1-4-14(3)22-18(24)12-17-19-16(9-6-10-21-19)20(25)23(17)15-8-5-7-13(2)11-15/h5-11,14,17H,4,12H2,1-3H3,(H,22,24). The van der Waals surface area contributed by atoms with Gasteiger partial charge in [0, 0.05) is 17.9 Å². The molecule has 5 heteroatoms. The van der Waals surface area contributed by atoms with E-state index in [-0.39, 0.29) is 30.3 Å². The van der Waals surface area contributed by atoms with Gasteiger partial charge in [0.05, 0.1) is 23.7 Å². The summed E-state index contributed by atoms with van der Waals surface area (Å²) in [6.45, 7) is 5.99. The molecule has 1 aromatic heterocycles. The quantitative estimate of drug-likeness (QED) is 0.909. The molecule has 0 fully saturated rings. The van der Waals surface area contributed by atoms with E-state index in [9.17, 15) is 9.59 Å². The van der Waals surface area contributed by atoms with E-state index in [1.807, 2.05) is 45.0 Å². The molecule has 2 aromatic rings. The van der Waals surface area contributed by atoms with Crippen LogP contribution in [0.3, 0.4) is 0 Å². The molecular weight excluding hydrogens is 314 g/mol. The van der Waals surface area contributed by atoms with E-state index in [0.717, 1.165) is 17.7 Å². The Morgan fingerprint density at radius 3 is 2.84 bits per heavy atom. The number of amides is 2. The fourth-order valence-electron chi connectivity index (χ4n) is 3.13. The van der Waals surface area contributed by atoms with Crippen molar-refractivity contribution in [2.45, 2.75) is 45.7 Å². The van der Waals surface area contributed by atoms with Gasteiger partial charge in [0.1, 0.15) is 0 Å². The van der Waals surface area contributed by atoms with Crippen LogP contribution in [-0.2, 0) is 4.79 Å². The van der Waals surface area contributed by atoms with Gasteiger partial charge in [-0.3, -0.25) is 19.5 Å². The van der Waals surface area contributed by atoms with Gasteiger partial charge in [-0.05, 0) is 50.1 Å². The summed E-state index contributed by atoms with van der Waals surface area (Å²) in [5.74, 6) is -0.168. The molecule has 130 valence electrons. The first-order valence-electron chi connectivity index (χ1n) is 8.65. The molecule has 0 saturated carbocycles. The number of fused-ring (bicyclic) bond motifs is 1. The van der Waals surface area contributed by atoms with E-state index >= 15 is 0 Å². The molecule has 0 saturated heterocycles. The average molecular weight is 337 g/mol. The van der Waals surface area contributed by atoms with Crippen LogP contribution in [-0.4, -0.2) is 22.8 Å². The van der Waals surface area contributed by atoms with E-state index in [2.05, 4.69) is 10.3 Å². The van der Waals surface area contributed by atoms with E-state index in [1.165, 1.54) is 0 Å². The van der Waals surface area contributed by atoms with Crippen LogP contribution < -0.4 is 10.2 Å². The van der Waals surface area contributed by atoms with Crippen molar-refractivity contribution in [3.8, 4) is 0 Å².